The van der Waals surface area contributed by atoms with Crippen molar-refractivity contribution in [3.05, 3.63) is 36.4 Å². The zero-order valence-corrected chi connectivity index (χ0v) is 21.4. The molecule has 196 valence electrons. The molecule has 1 saturated heterocycles. The molecule has 6 rings (SSSR count). The number of piperidine rings is 1. The third-order valence-electron chi connectivity index (χ3n) is 8.28. The van der Waals surface area contributed by atoms with Crippen LogP contribution >= 0.6 is 0 Å². The first-order valence-electron chi connectivity index (χ1n) is 13.9. The Hall–Kier alpha value is -3.27. The molecule has 2 saturated carbocycles. The lowest BCUT2D eigenvalue weighted by Crippen LogP contribution is -2.42. The Morgan fingerprint density at radius 3 is 2.43 bits per heavy atom. The van der Waals surface area contributed by atoms with E-state index in [1.807, 2.05) is 17.3 Å². The first-order valence-corrected chi connectivity index (χ1v) is 13.9. The summed E-state index contributed by atoms with van der Waals surface area (Å²) in [7, 11) is 0. The molecule has 0 radical (unpaired) electrons. The predicted molar refractivity (Wildman–Crippen MR) is 143 cm³/mol. The van der Waals surface area contributed by atoms with Crippen LogP contribution in [0.5, 0.6) is 0 Å². The maximum absolute atomic E-state index is 12.8. The number of hydrogen-bond donors (Lipinski definition) is 3. The molecule has 4 N–H and O–H groups in total. The average Bonchev–Trinajstić information content (AvgIpc) is 3.61. The third-order valence-corrected chi connectivity index (χ3v) is 8.28. The minimum Gasteiger partial charge on any atom is -0.365 e. The van der Waals surface area contributed by atoms with Crippen LogP contribution in [0.2, 0.25) is 0 Å². The number of nitrogens with two attached hydrogens (primary N) is 1. The highest BCUT2D eigenvalue weighted by Gasteiger charge is 2.27. The molecule has 0 spiro atoms. The van der Waals surface area contributed by atoms with Crippen LogP contribution in [0.4, 0.5) is 11.8 Å². The molecular formula is C27H37N9O. The monoisotopic (exact) mass is 503 g/mol. The van der Waals surface area contributed by atoms with Gasteiger partial charge in [-0.15, -0.1) is 0 Å². The Morgan fingerprint density at radius 2 is 1.70 bits per heavy atom. The summed E-state index contributed by atoms with van der Waals surface area (Å²) in [6, 6.07) is 4.95. The molecule has 0 aromatic carbocycles. The standard InChI is InChI=1S/C27H37N9O/c28-19-7-9-20(10-8-19)32-27-33-24(23-25(34-27)36(17-30-23)22-5-1-2-6-22)31-21-11-14-35(15-12-21)26(37)18-4-3-13-29-16-18/h3-4,13,16-17,19-22H,1-2,5-12,14-15,28H2,(H2,31,32,33,34). The van der Waals surface area contributed by atoms with Gasteiger partial charge in [-0.1, -0.05) is 12.8 Å². The highest BCUT2D eigenvalue weighted by molar-refractivity contribution is 5.94. The van der Waals surface area contributed by atoms with E-state index in [9.17, 15) is 4.79 Å². The van der Waals surface area contributed by atoms with E-state index in [-0.39, 0.29) is 11.9 Å². The lowest BCUT2D eigenvalue weighted by Gasteiger charge is -2.32. The van der Waals surface area contributed by atoms with Gasteiger partial charge in [-0.3, -0.25) is 9.78 Å². The van der Waals surface area contributed by atoms with Crippen LogP contribution in [0.15, 0.2) is 30.9 Å². The van der Waals surface area contributed by atoms with Crippen molar-refractivity contribution in [2.45, 2.75) is 88.4 Å². The van der Waals surface area contributed by atoms with E-state index in [4.69, 9.17) is 20.7 Å². The maximum atomic E-state index is 12.8. The number of anilines is 2. The molecule has 3 aliphatic rings. The zero-order chi connectivity index (χ0) is 25.2. The van der Waals surface area contributed by atoms with E-state index < -0.39 is 0 Å². The minimum atomic E-state index is 0.0463. The van der Waals surface area contributed by atoms with Crippen molar-refractivity contribution in [2.24, 2.45) is 5.73 Å². The second-order valence-electron chi connectivity index (χ2n) is 10.9. The summed E-state index contributed by atoms with van der Waals surface area (Å²) in [4.78, 5) is 33.5. The van der Waals surface area contributed by atoms with Crippen LogP contribution in [-0.4, -0.2) is 66.5 Å². The summed E-state index contributed by atoms with van der Waals surface area (Å²) in [5, 5.41) is 7.28. The number of nitrogens with one attached hydrogen (secondary N) is 2. The van der Waals surface area contributed by atoms with Crippen LogP contribution in [-0.2, 0) is 0 Å². The Morgan fingerprint density at radius 1 is 0.946 bits per heavy atom. The minimum absolute atomic E-state index is 0.0463. The highest BCUT2D eigenvalue weighted by Crippen LogP contribution is 2.34. The van der Waals surface area contributed by atoms with Crippen molar-refractivity contribution >= 4 is 28.8 Å². The van der Waals surface area contributed by atoms with Crippen LogP contribution < -0.4 is 16.4 Å². The highest BCUT2D eigenvalue weighted by atomic mass is 16.2. The molecule has 1 aliphatic heterocycles. The Balaban J connectivity index is 1.20. The van der Waals surface area contributed by atoms with Crippen molar-refractivity contribution in [2.75, 3.05) is 23.7 Å². The Labute approximate surface area is 217 Å². The molecule has 10 heteroatoms. The molecule has 3 aromatic rings. The molecule has 0 bridgehead atoms. The molecule has 3 fully saturated rings. The van der Waals surface area contributed by atoms with E-state index in [2.05, 4.69) is 20.2 Å². The van der Waals surface area contributed by atoms with Gasteiger partial charge in [-0.2, -0.15) is 9.97 Å². The summed E-state index contributed by atoms with van der Waals surface area (Å²) in [5.74, 6) is 1.50. The Bertz CT molecular complexity index is 1210. The summed E-state index contributed by atoms with van der Waals surface area (Å²) in [6.07, 6.45) is 16.0. The van der Waals surface area contributed by atoms with Gasteiger partial charge in [0.2, 0.25) is 5.95 Å². The number of hydrogen-bond acceptors (Lipinski definition) is 8. The fourth-order valence-electron chi connectivity index (χ4n) is 6.07. The van der Waals surface area contributed by atoms with Gasteiger partial charge >= 0.3 is 0 Å². The second kappa shape index (κ2) is 10.6. The number of carbonyl (C=O) groups excluding carboxylic acids is 1. The molecule has 0 atom stereocenters. The van der Waals surface area contributed by atoms with Crippen molar-refractivity contribution < 1.29 is 4.79 Å². The van der Waals surface area contributed by atoms with Gasteiger partial charge in [0.1, 0.15) is 0 Å². The molecular weight excluding hydrogens is 466 g/mol. The number of likely N-dealkylation sites (tertiary alicyclic amines) is 1. The number of pyridine rings is 1. The van der Waals surface area contributed by atoms with Crippen molar-refractivity contribution in [3.8, 4) is 0 Å². The normalized spacial score (nSPS) is 23.4. The number of fused-ring (bicyclic) bond motifs is 1. The molecule has 1 amide bonds. The molecule has 10 nitrogen and oxygen atoms in total. The van der Waals surface area contributed by atoms with Crippen molar-refractivity contribution in [3.63, 3.8) is 0 Å². The zero-order valence-electron chi connectivity index (χ0n) is 21.4. The SMILES string of the molecule is NC1CCC(Nc2nc(NC3CCN(C(=O)c4cccnc4)CC3)c3ncn(C4CCCC4)c3n2)CC1. The molecule has 37 heavy (non-hydrogen) atoms. The largest absolute Gasteiger partial charge is 0.365 e. The van der Waals surface area contributed by atoms with Crippen LogP contribution in [0.25, 0.3) is 11.2 Å². The lowest BCUT2D eigenvalue weighted by atomic mass is 9.92. The number of aromatic nitrogens is 5. The van der Waals surface area contributed by atoms with Gasteiger partial charge in [-0.25, -0.2) is 4.98 Å². The second-order valence-corrected chi connectivity index (χ2v) is 10.9. The predicted octanol–water partition coefficient (Wildman–Crippen LogP) is 3.73. The average molecular weight is 504 g/mol. The molecule has 3 aromatic heterocycles. The smallest absolute Gasteiger partial charge is 0.255 e. The van der Waals surface area contributed by atoms with E-state index in [0.29, 0.717) is 42.7 Å². The van der Waals surface area contributed by atoms with Crippen molar-refractivity contribution in [1.29, 1.82) is 0 Å². The quantitative estimate of drug-likeness (QED) is 0.464. The summed E-state index contributed by atoms with van der Waals surface area (Å²) in [5.41, 5.74) is 8.50. The number of carbonyl (C=O) groups is 1. The third kappa shape index (κ3) is 5.25. The van der Waals surface area contributed by atoms with E-state index >= 15 is 0 Å². The summed E-state index contributed by atoms with van der Waals surface area (Å²) < 4.78 is 2.26. The topological polar surface area (TPSA) is 127 Å². The molecule has 0 unspecified atom stereocenters. The van der Waals surface area contributed by atoms with Gasteiger partial charge in [0, 0.05) is 49.7 Å². The summed E-state index contributed by atoms with van der Waals surface area (Å²) in [6.45, 7) is 1.40. The van der Waals surface area contributed by atoms with Gasteiger partial charge < -0.3 is 25.8 Å². The fourth-order valence-corrected chi connectivity index (χ4v) is 6.07. The van der Waals surface area contributed by atoms with Gasteiger partial charge in [0.25, 0.3) is 5.91 Å². The first-order chi connectivity index (χ1) is 18.1. The lowest BCUT2D eigenvalue weighted by molar-refractivity contribution is 0.0718. The maximum Gasteiger partial charge on any atom is 0.255 e. The Kier molecular flexibility index (Phi) is 6.91. The van der Waals surface area contributed by atoms with Gasteiger partial charge in [0.15, 0.2) is 17.0 Å². The molecule has 4 heterocycles. The molecule has 2 aliphatic carbocycles. The van der Waals surface area contributed by atoms with E-state index in [1.165, 1.54) is 25.7 Å². The van der Waals surface area contributed by atoms with Crippen LogP contribution in [0, 0.1) is 0 Å². The van der Waals surface area contributed by atoms with Crippen LogP contribution in [0.3, 0.4) is 0 Å². The summed E-state index contributed by atoms with van der Waals surface area (Å²) >= 11 is 0. The van der Waals surface area contributed by atoms with Crippen molar-refractivity contribution in [1.82, 2.24) is 29.4 Å². The van der Waals surface area contributed by atoms with E-state index in [0.717, 1.165) is 55.5 Å². The number of imidazole rings is 1. The van der Waals surface area contributed by atoms with Crippen LogP contribution in [0.1, 0.15) is 80.6 Å². The first kappa shape index (κ1) is 24.1. The fraction of sp³-hybridized carbons (Fsp3) is 0.593. The van der Waals surface area contributed by atoms with Gasteiger partial charge in [0.05, 0.1) is 11.9 Å². The number of nitrogens with zero attached hydrogens (tertiary/aromatic N) is 6. The van der Waals surface area contributed by atoms with E-state index in [1.54, 1.807) is 18.5 Å². The number of rotatable bonds is 6. The van der Waals surface area contributed by atoms with Gasteiger partial charge in [-0.05, 0) is 63.5 Å². The number of amides is 1.